The van der Waals surface area contributed by atoms with Gasteiger partial charge in [-0.1, -0.05) is 17.7 Å². The first kappa shape index (κ1) is 18.2. The molecule has 1 aromatic heterocycles. The van der Waals surface area contributed by atoms with Crippen molar-refractivity contribution in [3.05, 3.63) is 65.1 Å². The summed E-state index contributed by atoms with van der Waals surface area (Å²) in [6.07, 6.45) is 2.60. The van der Waals surface area contributed by atoms with Gasteiger partial charge in [0.15, 0.2) is 12.0 Å². The minimum atomic E-state index is 0.366. The summed E-state index contributed by atoms with van der Waals surface area (Å²) in [5, 5.41) is 0.402. The van der Waals surface area contributed by atoms with Crippen molar-refractivity contribution in [2.45, 2.75) is 6.54 Å². The fourth-order valence-corrected chi connectivity index (χ4v) is 2.90. The van der Waals surface area contributed by atoms with Gasteiger partial charge in [-0.2, -0.15) is 0 Å². The van der Waals surface area contributed by atoms with Gasteiger partial charge in [0.05, 0.1) is 29.0 Å². The van der Waals surface area contributed by atoms with Gasteiger partial charge >= 0.3 is 0 Å². The van der Waals surface area contributed by atoms with Gasteiger partial charge in [0.2, 0.25) is 0 Å². The third-order valence-corrected chi connectivity index (χ3v) is 4.33. The quantitative estimate of drug-likeness (QED) is 0.604. The van der Waals surface area contributed by atoms with Crippen molar-refractivity contribution in [2.75, 3.05) is 14.1 Å². The van der Waals surface area contributed by atoms with Gasteiger partial charge in [0.1, 0.15) is 11.6 Å². The van der Waals surface area contributed by atoms with Crippen LogP contribution in [-0.2, 0) is 13.6 Å². The fraction of sp³-hybridized carbons (Fsp3) is 0.200. The van der Waals surface area contributed by atoms with E-state index in [2.05, 4.69) is 14.5 Å². The molecule has 2 aromatic carbocycles. The predicted octanol–water partition coefficient (Wildman–Crippen LogP) is 4.41. The van der Waals surface area contributed by atoms with Crippen molar-refractivity contribution in [2.24, 2.45) is 7.05 Å². The maximum absolute atomic E-state index is 11.2. The Kier molecular flexibility index (Phi) is 5.40. The molecule has 0 aliphatic rings. The number of hydrogen-bond donors (Lipinski definition) is 0. The molecule has 3 aromatic rings. The van der Waals surface area contributed by atoms with Crippen LogP contribution in [0.2, 0.25) is 5.02 Å². The molecule has 26 heavy (non-hydrogen) atoms. The second kappa shape index (κ2) is 7.72. The van der Waals surface area contributed by atoms with Crippen molar-refractivity contribution in [3.63, 3.8) is 0 Å². The zero-order chi connectivity index (χ0) is 18.7. The van der Waals surface area contributed by atoms with Crippen LogP contribution in [0.1, 0.15) is 16.2 Å². The van der Waals surface area contributed by atoms with Crippen molar-refractivity contribution in [1.29, 1.82) is 0 Å². The predicted molar refractivity (Wildman–Crippen MR) is 103 cm³/mol. The molecule has 0 N–H and O–H groups in total. The molecule has 0 saturated carbocycles. The van der Waals surface area contributed by atoms with Crippen LogP contribution in [-0.4, -0.2) is 34.8 Å². The molecule has 0 radical (unpaired) electrons. The Bertz CT molecular complexity index is 917. The highest BCUT2D eigenvalue weighted by Crippen LogP contribution is 2.33. The Balaban J connectivity index is 1.84. The lowest BCUT2D eigenvalue weighted by atomic mass is 10.1. The Morgan fingerprint density at radius 1 is 1.19 bits per heavy atom. The van der Waals surface area contributed by atoms with Crippen LogP contribution in [0.4, 0.5) is 0 Å². The van der Waals surface area contributed by atoms with Crippen molar-refractivity contribution >= 4 is 17.9 Å². The molecule has 0 saturated heterocycles. The average Bonchev–Trinajstić information content (AvgIpc) is 2.97. The molecule has 0 bridgehead atoms. The summed E-state index contributed by atoms with van der Waals surface area (Å²) in [5.41, 5.74) is 2.48. The number of aromatic nitrogens is 2. The molecule has 0 spiro atoms. The molecule has 0 aliphatic carbocycles. The number of carbonyl (C=O) groups is 1. The highest BCUT2D eigenvalue weighted by molar-refractivity contribution is 6.32. The first-order valence-electron chi connectivity index (χ1n) is 8.17. The fourth-order valence-electron chi connectivity index (χ4n) is 2.68. The standard InChI is InChI=1S/C20H20ClN3O2/c1-23(2)12-19-22-11-18(24(19)3)14-7-9-16(10-8-14)26-20-15(13-25)5-4-6-17(20)21/h4-11,13H,12H2,1-3H3. The lowest BCUT2D eigenvalue weighted by Gasteiger charge is -2.12. The molecule has 0 unspecified atom stereocenters. The van der Waals surface area contributed by atoms with Crippen molar-refractivity contribution in [3.8, 4) is 22.8 Å². The van der Waals surface area contributed by atoms with Gasteiger partial charge < -0.3 is 14.2 Å². The molecule has 0 amide bonds. The smallest absolute Gasteiger partial charge is 0.156 e. The molecule has 1 heterocycles. The molecule has 5 nitrogen and oxygen atoms in total. The number of para-hydroxylation sites is 1. The van der Waals surface area contributed by atoms with E-state index in [-0.39, 0.29) is 0 Å². The van der Waals surface area contributed by atoms with E-state index in [9.17, 15) is 4.79 Å². The third-order valence-electron chi connectivity index (χ3n) is 4.04. The molecule has 3 rings (SSSR count). The molecule has 134 valence electrons. The van der Waals surface area contributed by atoms with E-state index < -0.39 is 0 Å². The van der Waals surface area contributed by atoms with Crippen LogP contribution in [0, 0.1) is 0 Å². The van der Waals surface area contributed by atoms with Crippen molar-refractivity contribution < 1.29 is 9.53 Å². The van der Waals surface area contributed by atoms with E-state index in [0.29, 0.717) is 22.1 Å². The normalized spacial score (nSPS) is 11.0. The van der Waals surface area contributed by atoms with E-state index in [1.807, 2.05) is 51.6 Å². The van der Waals surface area contributed by atoms with Crippen LogP contribution in [0.3, 0.4) is 0 Å². The maximum Gasteiger partial charge on any atom is 0.156 e. The maximum atomic E-state index is 11.2. The number of aldehydes is 1. The van der Waals surface area contributed by atoms with Gasteiger partial charge in [-0.25, -0.2) is 4.98 Å². The minimum Gasteiger partial charge on any atom is -0.455 e. The van der Waals surface area contributed by atoms with Crippen LogP contribution >= 0.6 is 11.6 Å². The molecular weight excluding hydrogens is 350 g/mol. The summed E-state index contributed by atoms with van der Waals surface area (Å²) in [6.45, 7) is 0.776. The largest absolute Gasteiger partial charge is 0.455 e. The van der Waals surface area contributed by atoms with Gasteiger partial charge in [-0.15, -0.1) is 0 Å². The van der Waals surface area contributed by atoms with E-state index in [0.717, 1.165) is 29.9 Å². The Morgan fingerprint density at radius 3 is 2.58 bits per heavy atom. The molecule has 0 aliphatic heterocycles. The second-order valence-electron chi connectivity index (χ2n) is 6.26. The number of nitrogens with zero attached hydrogens (tertiary/aromatic N) is 3. The Hall–Kier alpha value is -2.63. The zero-order valence-electron chi connectivity index (χ0n) is 14.9. The lowest BCUT2D eigenvalue weighted by molar-refractivity contribution is 0.112. The molecule has 0 atom stereocenters. The van der Waals surface area contributed by atoms with E-state index in [1.54, 1.807) is 18.2 Å². The highest BCUT2D eigenvalue weighted by atomic mass is 35.5. The zero-order valence-corrected chi connectivity index (χ0v) is 15.7. The molecular formula is C20H20ClN3O2. The third kappa shape index (κ3) is 3.79. The summed E-state index contributed by atoms with van der Waals surface area (Å²) in [5.74, 6) is 1.98. The second-order valence-corrected chi connectivity index (χ2v) is 6.67. The van der Waals surface area contributed by atoms with E-state index in [4.69, 9.17) is 16.3 Å². The average molecular weight is 370 g/mol. The topological polar surface area (TPSA) is 47.4 Å². The number of carbonyl (C=O) groups excluding carboxylic acids is 1. The number of ether oxygens (including phenoxy) is 1. The number of rotatable bonds is 6. The first-order valence-corrected chi connectivity index (χ1v) is 8.54. The van der Waals surface area contributed by atoms with Gasteiger partial charge in [0.25, 0.3) is 0 Å². The number of benzene rings is 2. The Morgan fingerprint density at radius 2 is 1.92 bits per heavy atom. The minimum absolute atomic E-state index is 0.366. The molecule has 6 heteroatoms. The highest BCUT2D eigenvalue weighted by Gasteiger charge is 2.11. The van der Waals surface area contributed by atoms with Crippen LogP contribution in [0.25, 0.3) is 11.3 Å². The molecule has 0 fully saturated rings. The summed E-state index contributed by atoms with van der Waals surface area (Å²) in [4.78, 5) is 17.7. The monoisotopic (exact) mass is 369 g/mol. The Labute approximate surface area is 157 Å². The van der Waals surface area contributed by atoms with Gasteiger partial charge in [-0.05, 0) is 50.5 Å². The van der Waals surface area contributed by atoms with Gasteiger partial charge in [-0.3, -0.25) is 4.79 Å². The lowest BCUT2D eigenvalue weighted by Crippen LogP contribution is -2.14. The van der Waals surface area contributed by atoms with E-state index in [1.165, 1.54) is 0 Å². The first-order chi connectivity index (χ1) is 12.5. The van der Waals surface area contributed by atoms with Crippen LogP contribution in [0.15, 0.2) is 48.7 Å². The SMILES string of the molecule is CN(C)Cc1ncc(-c2ccc(Oc3c(Cl)cccc3C=O)cc2)n1C. The van der Waals surface area contributed by atoms with E-state index >= 15 is 0 Å². The summed E-state index contributed by atoms with van der Waals surface area (Å²) in [6, 6.07) is 12.7. The summed E-state index contributed by atoms with van der Waals surface area (Å²) >= 11 is 6.15. The summed E-state index contributed by atoms with van der Waals surface area (Å²) < 4.78 is 7.90. The number of halogens is 1. The van der Waals surface area contributed by atoms with Gasteiger partial charge in [0, 0.05) is 12.6 Å². The number of imidazole rings is 1. The summed E-state index contributed by atoms with van der Waals surface area (Å²) in [7, 11) is 6.04. The number of hydrogen-bond acceptors (Lipinski definition) is 4. The van der Waals surface area contributed by atoms with Crippen LogP contribution < -0.4 is 4.74 Å². The van der Waals surface area contributed by atoms with Crippen LogP contribution in [0.5, 0.6) is 11.5 Å². The van der Waals surface area contributed by atoms with Crippen molar-refractivity contribution in [1.82, 2.24) is 14.5 Å².